The number of amides is 2. The van der Waals surface area contributed by atoms with E-state index >= 15 is 0 Å². The van der Waals surface area contributed by atoms with Crippen molar-refractivity contribution in [3.63, 3.8) is 0 Å². The van der Waals surface area contributed by atoms with Gasteiger partial charge in [0, 0.05) is 30.5 Å². The van der Waals surface area contributed by atoms with E-state index < -0.39 is 0 Å². The van der Waals surface area contributed by atoms with Crippen LogP contribution in [0.5, 0.6) is 11.5 Å². The molecule has 0 fully saturated rings. The molecule has 0 radical (unpaired) electrons. The molecule has 1 aliphatic heterocycles. The Morgan fingerprint density at radius 1 is 1.19 bits per heavy atom. The van der Waals surface area contributed by atoms with Crippen molar-refractivity contribution in [3.05, 3.63) is 47.0 Å². The number of fused-ring (bicyclic) bond motifs is 1. The van der Waals surface area contributed by atoms with Gasteiger partial charge in [-0.3, -0.25) is 9.59 Å². The maximum absolute atomic E-state index is 12.3. The molecule has 0 saturated heterocycles. The molecule has 0 spiro atoms. The number of nitrogens with one attached hydrogen (secondary N) is 2. The van der Waals surface area contributed by atoms with Crippen LogP contribution < -0.4 is 20.1 Å². The smallest absolute Gasteiger partial charge is 0.225 e. The van der Waals surface area contributed by atoms with E-state index in [1.165, 1.54) is 7.11 Å². The molecule has 6 nitrogen and oxygen atoms in total. The predicted octanol–water partition coefficient (Wildman–Crippen LogP) is 3.83. The number of anilines is 2. The highest BCUT2D eigenvalue weighted by atomic mass is 16.5. The summed E-state index contributed by atoms with van der Waals surface area (Å²) in [5.74, 6) is 1.08. The molecule has 27 heavy (non-hydrogen) atoms. The van der Waals surface area contributed by atoms with Crippen molar-refractivity contribution < 1.29 is 19.1 Å². The number of carbonyl (C=O) groups is 2. The largest absolute Gasteiger partial charge is 0.496 e. The van der Waals surface area contributed by atoms with E-state index in [1.807, 2.05) is 31.2 Å². The molecule has 6 heteroatoms. The van der Waals surface area contributed by atoms with Crippen LogP contribution in [-0.2, 0) is 9.59 Å². The molecule has 0 aliphatic carbocycles. The Morgan fingerprint density at radius 3 is 2.56 bits per heavy atom. The average molecular weight is 368 g/mol. The Morgan fingerprint density at radius 2 is 1.93 bits per heavy atom. The summed E-state index contributed by atoms with van der Waals surface area (Å²) in [6.07, 6.45) is 0.713. The Kier molecular flexibility index (Phi) is 5.35. The molecule has 1 unspecified atom stereocenters. The van der Waals surface area contributed by atoms with Crippen molar-refractivity contribution in [1.29, 1.82) is 0 Å². The van der Waals surface area contributed by atoms with Gasteiger partial charge in [-0.2, -0.15) is 0 Å². The van der Waals surface area contributed by atoms with Gasteiger partial charge >= 0.3 is 0 Å². The van der Waals surface area contributed by atoms with Gasteiger partial charge in [-0.05, 0) is 35.7 Å². The van der Waals surface area contributed by atoms with Crippen LogP contribution in [0.2, 0.25) is 0 Å². The second-order valence-corrected chi connectivity index (χ2v) is 6.58. The van der Waals surface area contributed by atoms with Crippen molar-refractivity contribution >= 4 is 23.2 Å². The molecule has 3 rings (SSSR count). The molecule has 1 atom stereocenters. The minimum atomic E-state index is -0.110. The minimum Gasteiger partial charge on any atom is -0.496 e. The zero-order valence-electron chi connectivity index (χ0n) is 16.0. The fourth-order valence-electron chi connectivity index (χ4n) is 3.41. The van der Waals surface area contributed by atoms with E-state index in [0.29, 0.717) is 30.0 Å². The summed E-state index contributed by atoms with van der Waals surface area (Å²) in [5, 5.41) is 5.79. The summed E-state index contributed by atoms with van der Waals surface area (Å²) < 4.78 is 10.7. The maximum atomic E-state index is 12.3. The van der Waals surface area contributed by atoms with Crippen LogP contribution in [0.25, 0.3) is 0 Å². The number of methoxy groups -OCH3 is 2. The Hall–Kier alpha value is -3.02. The summed E-state index contributed by atoms with van der Waals surface area (Å²) in [6, 6.07) is 9.60. The molecular formula is C21H24N2O4. The normalized spacial score (nSPS) is 15.6. The van der Waals surface area contributed by atoms with Crippen molar-refractivity contribution in [2.75, 3.05) is 24.9 Å². The van der Waals surface area contributed by atoms with Gasteiger partial charge in [0.05, 0.1) is 19.9 Å². The molecule has 2 N–H and O–H groups in total. The van der Waals surface area contributed by atoms with Crippen molar-refractivity contribution in [1.82, 2.24) is 0 Å². The molecule has 2 aromatic rings. The third kappa shape index (κ3) is 3.74. The highest BCUT2D eigenvalue weighted by molar-refractivity contribution is 5.98. The SMILES string of the molecule is CCC(=O)Nc1cc2c(cc1OC)NC(=O)CC2c1ccc(OC)c(C)c1. The van der Waals surface area contributed by atoms with E-state index in [2.05, 4.69) is 10.6 Å². The van der Waals surface area contributed by atoms with Gasteiger partial charge < -0.3 is 20.1 Å². The van der Waals surface area contributed by atoms with Gasteiger partial charge in [-0.1, -0.05) is 19.1 Å². The summed E-state index contributed by atoms with van der Waals surface area (Å²) in [5.41, 5.74) is 4.30. The van der Waals surface area contributed by atoms with Crippen LogP contribution in [0.3, 0.4) is 0 Å². The van der Waals surface area contributed by atoms with Crippen LogP contribution in [-0.4, -0.2) is 26.0 Å². The first-order valence-electron chi connectivity index (χ1n) is 8.93. The highest BCUT2D eigenvalue weighted by Crippen LogP contribution is 2.42. The van der Waals surface area contributed by atoms with Gasteiger partial charge in [0.1, 0.15) is 11.5 Å². The van der Waals surface area contributed by atoms with E-state index in [-0.39, 0.29) is 17.7 Å². The molecule has 0 bridgehead atoms. The second kappa shape index (κ2) is 7.70. The first-order valence-corrected chi connectivity index (χ1v) is 8.93. The van der Waals surface area contributed by atoms with Gasteiger partial charge in [0.25, 0.3) is 0 Å². The van der Waals surface area contributed by atoms with Gasteiger partial charge in [-0.25, -0.2) is 0 Å². The van der Waals surface area contributed by atoms with Crippen LogP contribution in [0.1, 0.15) is 42.4 Å². The number of benzene rings is 2. The van der Waals surface area contributed by atoms with Gasteiger partial charge in [0.15, 0.2) is 0 Å². The first kappa shape index (κ1) is 18.8. The van der Waals surface area contributed by atoms with Crippen molar-refractivity contribution in [3.8, 4) is 11.5 Å². The van der Waals surface area contributed by atoms with Gasteiger partial charge in [-0.15, -0.1) is 0 Å². The lowest BCUT2D eigenvalue weighted by atomic mass is 9.83. The molecule has 2 aromatic carbocycles. The van der Waals surface area contributed by atoms with E-state index in [4.69, 9.17) is 9.47 Å². The Labute approximate surface area is 158 Å². The molecule has 0 aromatic heterocycles. The van der Waals surface area contributed by atoms with E-state index in [9.17, 15) is 9.59 Å². The lowest BCUT2D eigenvalue weighted by Crippen LogP contribution is -2.24. The number of aryl methyl sites for hydroxylation is 1. The molecular weight excluding hydrogens is 344 g/mol. The van der Waals surface area contributed by atoms with Gasteiger partial charge in [0.2, 0.25) is 11.8 Å². The third-order valence-corrected chi connectivity index (χ3v) is 4.83. The Bertz CT molecular complexity index is 892. The maximum Gasteiger partial charge on any atom is 0.225 e. The molecule has 2 amide bonds. The topological polar surface area (TPSA) is 76.7 Å². The van der Waals surface area contributed by atoms with Crippen LogP contribution >= 0.6 is 0 Å². The lowest BCUT2D eigenvalue weighted by molar-refractivity contribution is -0.117. The molecule has 1 aliphatic rings. The zero-order valence-corrected chi connectivity index (χ0v) is 16.0. The van der Waals surface area contributed by atoms with Crippen LogP contribution in [0.15, 0.2) is 30.3 Å². The lowest BCUT2D eigenvalue weighted by Gasteiger charge is -2.28. The summed E-state index contributed by atoms with van der Waals surface area (Å²) in [4.78, 5) is 24.2. The summed E-state index contributed by atoms with van der Waals surface area (Å²) in [7, 11) is 3.18. The molecule has 142 valence electrons. The standard InChI is InChI=1S/C21H24N2O4/c1-5-20(24)23-17-9-15-14(13-6-7-18(26-3)12(2)8-13)10-21(25)22-16(15)11-19(17)27-4/h6-9,11,14H,5,10H2,1-4H3,(H,22,25)(H,23,24). The first-order chi connectivity index (χ1) is 13.0. The van der Waals surface area contributed by atoms with Crippen LogP contribution in [0, 0.1) is 6.92 Å². The number of rotatable bonds is 5. The zero-order chi connectivity index (χ0) is 19.6. The number of hydrogen-bond acceptors (Lipinski definition) is 4. The fourth-order valence-corrected chi connectivity index (χ4v) is 3.41. The predicted molar refractivity (Wildman–Crippen MR) is 105 cm³/mol. The van der Waals surface area contributed by atoms with Crippen molar-refractivity contribution in [2.45, 2.75) is 32.6 Å². The Balaban J connectivity index is 2.09. The third-order valence-electron chi connectivity index (χ3n) is 4.83. The van der Waals surface area contributed by atoms with Crippen molar-refractivity contribution in [2.24, 2.45) is 0 Å². The van der Waals surface area contributed by atoms with E-state index in [1.54, 1.807) is 20.1 Å². The summed E-state index contributed by atoms with van der Waals surface area (Å²) >= 11 is 0. The molecule has 0 saturated carbocycles. The number of ether oxygens (including phenoxy) is 2. The number of carbonyl (C=O) groups excluding carboxylic acids is 2. The minimum absolute atomic E-state index is 0.0478. The van der Waals surface area contributed by atoms with Crippen LogP contribution in [0.4, 0.5) is 11.4 Å². The monoisotopic (exact) mass is 368 g/mol. The summed E-state index contributed by atoms with van der Waals surface area (Å²) in [6.45, 7) is 3.77. The molecule has 1 heterocycles. The highest BCUT2D eigenvalue weighted by Gasteiger charge is 2.28. The second-order valence-electron chi connectivity index (χ2n) is 6.58. The quantitative estimate of drug-likeness (QED) is 0.841. The number of hydrogen-bond donors (Lipinski definition) is 2. The average Bonchev–Trinajstić information content (AvgIpc) is 2.66. The van der Waals surface area contributed by atoms with E-state index in [0.717, 1.165) is 22.4 Å². The fraction of sp³-hybridized carbons (Fsp3) is 0.333.